The van der Waals surface area contributed by atoms with E-state index in [-0.39, 0.29) is 16.8 Å². The van der Waals surface area contributed by atoms with Gasteiger partial charge in [-0.05, 0) is 39.0 Å². The van der Waals surface area contributed by atoms with Crippen LogP contribution in [0.15, 0.2) is 41.6 Å². The molecule has 0 fully saturated rings. The Bertz CT molecular complexity index is 1250. The van der Waals surface area contributed by atoms with Gasteiger partial charge in [-0.25, -0.2) is 15.0 Å². The Morgan fingerprint density at radius 1 is 1.06 bits per heavy atom. The maximum absolute atomic E-state index is 13.6. The van der Waals surface area contributed by atoms with Gasteiger partial charge in [-0.2, -0.15) is 18.6 Å². The first-order valence-electron chi connectivity index (χ1n) is 9.39. The van der Waals surface area contributed by atoms with Crippen molar-refractivity contribution < 1.29 is 13.6 Å². The van der Waals surface area contributed by atoms with Crippen molar-refractivity contribution in [1.29, 1.82) is 0 Å². The number of nitrogens with zero attached hydrogens (tertiary/aromatic N) is 6. The molecule has 0 saturated heterocycles. The lowest BCUT2D eigenvalue weighted by atomic mass is 10.3. The van der Waals surface area contributed by atoms with E-state index < -0.39 is 6.55 Å². The highest BCUT2D eigenvalue weighted by atomic mass is 32.2. The number of benzene rings is 1. The van der Waals surface area contributed by atoms with Gasteiger partial charge in [0.05, 0.1) is 22.5 Å². The van der Waals surface area contributed by atoms with Gasteiger partial charge in [-0.1, -0.05) is 23.9 Å². The molecule has 0 aliphatic carbocycles. The number of alkyl halides is 2. The summed E-state index contributed by atoms with van der Waals surface area (Å²) in [6.07, 6.45) is 0. The maximum atomic E-state index is 13.6. The van der Waals surface area contributed by atoms with Gasteiger partial charge < -0.3 is 5.32 Å². The molecule has 4 rings (SSSR count). The number of para-hydroxylation sites is 2. The number of nitrogens with one attached hydrogen (secondary N) is 1. The molecular weight excluding hydrogens is 424 g/mol. The number of rotatable bonds is 6. The van der Waals surface area contributed by atoms with Crippen LogP contribution >= 0.6 is 11.8 Å². The molecule has 4 aromatic rings. The number of hydrogen-bond donors (Lipinski definition) is 1. The van der Waals surface area contributed by atoms with Gasteiger partial charge in [0.1, 0.15) is 5.82 Å². The normalized spacial score (nSPS) is 11.4. The summed E-state index contributed by atoms with van der Waals surface area (Å²) in [6, 6.07) is 10.2. The highest BCUT2D eigenvalue weighted by Crippen LogP contribution is 2.29. The van der Waals surface area contributed by atoms with Gasteiger partial charge in [0.25, 0.3) is 5.95 Å². The number of thioether (sulfide) groups is 1. The predicted molar refractivity (Wildman–Crippen MR) is 114 cm³/mol. The molecule has 0 atom stereocenters. The van der Waals surface area contributed by atoms with Gasteiger partial charge in [0, 0.05) is 17.5 Å². The second kappa shape index (κ2) is 8.42. The Labute approximate surface area is 180 Å². The monoisotopic (exact) mass is 443 g/mol. The Morgan fingerprint density at radius 2 is 1.77 bits per heavy atom. The number of aromatic nitrogens is 6. The summed E-state index contributed by atoms with van der Waals surface area (Å²) in [7, 11) is 0. The van der Waals surface area contributed by atoms with Crippen molar-refractivity contribution in [2.75, 3.05) is 11.1 Å². The number of carbonyl (C=O) groups excluding carboxylic acids is 1. The largest absolute Gasteiger partial charge is 0.321 e. The first-order chi connectivity index (χ1) is 14.8. The van der Waals surface area contributed by atoms with E-state index >= 15 is 0 Å². The van der Waals surface area contributed by atoms with Gasteiger partial charge in [-0.15, -0.1) is 0 Å². The predicted octanol–water partition coefficient (Wildman–Crippen LogP) is 4.06. The number of fused-ring (bicyclic) bond motifs is 1. The SMILES string of the molecule is Cc1cc(C)nc(-n2nc(C)cc2NC(=O)CSc2nc3ccccc3n2C(F)F)n1. The van der Waals surface area contributed by atoms with E-state index in [1.165, 1.54) is 4.68 Å². The zero-order valence-electron chi connectivity index (χ0n) is 17.0. The van der Waals surface area contributed by atoms with Gasteiger partial charge in [0.15, 0.2) is 5.16 Å². The molecule has 0 radical (unpaired) electrons. The van der Waals surface area contributed by atoms with E-state index in [1.807, 2.05) is 19.9 Å². The van der Waals surface area contributed by atoms with Gasteiger partial charge in [-0.3, -0.25) is 9.36 Å². The lowest BCUT2D eigenvalue weighted by Gasteiger charge is -2.09. The second-order valence-electron chi connectivity index (χ2n) is 6.90. The van der Waals surface area contributed by atoms with Crippen LogP contribution in [0.5, 0.6) is 0 Å². The van der Waals surface area contributed by atoms with Gasteiger partial charge in [0.2, 0.25) is 5.91 Å². The van der Waals surface area contributed by atoms with Crippen LogP contribution in [0.3, 0.4) is 0 Å². The number of amides is 1. The molecule has 160 valence electrons. The Kier molecular flexibility index (Phi) is 5.68. The van der Waals surface area contributed by atoms with E-state index in [1.54, 1.807) is 37.3 Å². The number of carbonyl (C=O) groups is 1. The summed E-state index contributed by atoms with van der Waals surface area (Å²) < 4.78 is 29.4. The van der Waals surface area contributed by atoms with Crippen LogP contribution in [0.2, 0.25) is 0 Å². The second-order valence-corrected chi connectivity index (χ2v) is 7.84. The van der Waals surface area contributed by atoms with Crippen molar-refractivity contribution in [3.8, 4) is 5.95 Å². The molecule has 0 aliphatic rings. The van der Waals surface area contributed by atoms with E-state index in [0.717, 1.165) is 27.7 Å². The highest BCUT2D eigenvalue weighted by Gasteiger charge is 2.20. The van der Waals surface area contributed by atoms with Crippen LogP contribution in [0, 0.1) is 20.8 Å². The summed E-state index contributed by atoms with van der Waals surface area (Å²) >= 11 is 0.941. The third kappa shape index (κ3) is 4.41. The van der Waals surface area contributed by atoms with Crippen LogP contribution in [-0.4, -0.2) is 41.0 Å². The molecule has 0 unspecified atom stereocenters. The zero-order valence-corrected chi connectivity index (χ0v) is 17.8. The number of halogens is 2. The van der Waals surface area contributed by atoms with Crippen LogP contribution in [0.25, 0.3) is 17.0 Å². The molecule has 0 aliphatic heterocycles. The maximum Gasteiger partial charge on any atom is 0.321 e. The molecule has 1 amide bonds. The van der Waals surface area contributed by atoms with Gasteiger partial charge >= 0.3 is 6.55 Å². The van der Waals surface area contributed by atoms with Crippen molar-refractivity contribution in [1.82, 2.24) is 29.3 Å². The van der Waals surface area contributed by atoms with Crippen LogP contribution < -0.4 is 5.32 Å². The summed E-state index contributed by atoms with van der Waals surface area (Å²) in [5.41, 5.74) is 2.99. The topological polar surface area (TPSA) is 90.5 Å². The highest BCUT2D eigenvalue weighted by molar-refractivity contribution is 7.99. The first-order valence-corrected chi connectivity index (χ1v) is 10.4. The minimum atomic E-state index is -2.76. The number of imidazole rings is 1. The molecule has 0 bridgehead atoms. The summed E-state index contributed by atoms with van der Waals surface area (Å²) in [5, 5.41) is 7.19. The van der Waals surface area contributed by atoms with E-state index in [2.05, 4.69) is 25.4 Å². The summed E-state index contributed by atoms with van der Waals surface area (Å²) in [5.74, 6) is 0.250. The fourth-order valence-corrected chi connectivity index (χ4v) is 3.98. The minimum Gasteiger partial charge on any atom is -0.310 e. The molecule has 0 spiro atoms. The van der Waals surface area contributed by atoms with Crippen LogP contribution in [0.1, 0.15) is 23.6 Å². The zero-order chi connectivity index (χ0) is 22.1. The Balaban J connectivity index is 1.53. The summed E-state index contributed by atoms with van der Waals surface area (Å²) in [6.45, 7) is 2.72. The smallest absolute Gasteiger partial charge is 0.310 e. The Morgan fingerprint density at radius 3 is 2.48 bits per heavy atom. The van der Waals surface area contributed by atoms with Crippen molar-refractivity contribution >= 4 is 34.5 Å². The lowest BCUT2D eigenvalue weighted by molar-refractivity contribution is -0.113. The lowest BCUT2D eigenvalue weighted by Crippen LogP contribution is -2.18. The average molecular weight is 443 g/mol. The first kappa shape index (κ1) is 20.9. The minimum absolute atomic E-state index is 0.0775. The average Bonchev–Trinajstić information content (AvgIpc) is 3.25. The molecule has 11 heteroatoms. The Hall–Kier alpha value is -3.34. The quantitative estimate of drug-likeness (QED) is 0.452. The molecule has 31 heavy (non-hydrogen) atoms. The van der Waals surface area contributed by atoms with Crippen molar-refractivity contribution in [3.63, 3.8) is 0 Å². The molecule has 8 nitrogen and oxygen atoms in total. The van der Waals surface area contributed by atoms with Crippen molar-refractivity contribution in [2.45, 2.75) is 32.5 Å². The number of hydrogen-bond acceptors (Lipinski definition) is 6. The van der Waals surface area contributed by atoms with E-state index in [4.69, 9.17) is 0 Å². The fraction of sp³-hybridized carbons (Fsp3) is 0.250. The van der Waals surface area contributed by atoms with E-state index in [9.17, 15) is 13.6 Å². The molecule has 3 heterocycles. The molecule has 1 aromatic carbocycles. The summed E-state index contributed by atoms with van der Waals surface area (Å²) in [4.78, 5) is 25.5. The van der Waals surface area contributed by atoms with Crippen LogP contribution in [0.4, 0.5) is 14.6 Å². The molecule has 0 saturated carbocycles. The van der Waals surface area contributed by atoms with Crippen LogP contribution in [-0.2, 0) is 4.79 Å². The third-order valence-corrected chi connectivity index (χ3v) is 5.30. The van der Waals surface area contributed by atoms with Crippen molar-refractivity contribution in [2.24, 2.45) is 0 Å². The number of aryl methyl sites for hydroxylation is 3. The molecule has 1 N–H and O–H groups in total. The molecule has 3 aromatic heterocycles. The standard InChI is InChI=1S/C20H19F2N7OS/c1-11-8-12(2)24-19(23-11)29-16(9-13(3)27-29)26-17(30)10-31-20-25-14-6-4-5-7-15(14)28(20)18(21)22/h4-9,18H,10H2,1-3H3,(H,26,30). The van der Waals surface area contributed by atoms with E-state index in [0.29, 0.717) is 28.5 Å². The fourth-order valence-electron chi connectivity index (χ4n) is 3.16. The third-order valence-electron chi connectivity index (χ3n) is 4.35. The number of anilines is 1. The molecular formula is C20H19F2N7OS. The van der Waals surface area contributed by atoms with Crippen molar-refractivity contribution in [3.05, 3.63) is 53.5 Å².